The van der Waals surface area contributed by atoms with Crippen LogP contribution in [0.4, 0.5) is 0 Å². The molecule has 12 heteroatoms. The fourth-order valence-corrected chi connectivity index (χ4v) is 6.84. The number of rotatable bonds is 14. The standard InChI is InChI=1S/C31H34BrN3O7S/c1-5-20-18-43-29-23(33-27(36)26(34-39-4)31(19-32,40-6-2)41-7-3)28(37)35(29)24(20)30(38)42-25(21-14-10-8-11-15-21)22-16-12-9-13-17-22/h5,8-17,23,25,29H,1,6-7,18-19H2,2-4H3,(H,33,36)/t23?,29-/m0/s1. The molecular weight excluding hydrogens is 638 g/mol. The van der Waals surface area contributed by atoms with Crippen LogP contribution in [0.3, 0.4) is 0 Å². The first-order valence-corrected chi connectivity index (χ1v) is 15.9. The van der Waals surface area contributed by atoms with E-state index in [0.29, 0.717) is 11.3 Å². The predicted octanol–water partition coefficient (Wildman–Crippen LogP) is 4.33. The molecule has 0 spiro atoms. The van der Waals surface area contributed by atoms with Gasteiger partial charge in [0, 0.05) is 19.0 Å². The van der Waals surface area contributed by atoms with Crippen LogP contribution < -0.4 is 5.32 Å². The second-order valence-electron chi connectivity index (χ2n) is 9.42. The summed E-state index contributed by atoms with van der Waals surface area (Å²) < 4.78 is 17.7. The highest BCUT2D eigenvalue weighted by Crippen LogP contribution is 2.42. The summed E-state index contributed by atoms with van der Waals surface area (Å²) in [4.78, 5) is 47.2. The summed E-state index contributed by atoms with van der Waals surface area (Å²) in [6.45, 7) is 7.82. The van der Waals surface area contributed by atoms with E-state index in [1.54, 1.807) is 19.9 Å². The van der Waals surface area contributed by atoms with Gasteiger partial charge < -0.3 is 24.4 Å². The number of benzene rings is 2. The Hall–Kier alpha value is -3.45. The van der Waals surface area contributed by atoms with Crippen molar-refractivity contribution in [3.8, 4) is 0 Å². The molecule has 0 radical (unpaired) electrons. The van der Waals surface area contributed by atoms with E-state index in [2.05, 4.69) is 33.0 Å². The lowest BCUT2D eigenvalue weighted by Gasteiger charge is -2.49. The molecular formula is C31H34BrN3O7S. The zero-order valence-electron chi connectivity index (χ0n) is 24.2. The van der Waals surface area contributed by atoms with Crippen molar-refractivity contribution in [3.63, 3.8) is 0 Å². The van der Waals surface area contributed by atoms with Gasteiger partial charge in [0.15, 0.2) is 6.10 Å². The molecule has 2 aromatic carbocycles. The number of esters is 1. The van der Waals surface area contributed by atoms with Gasteiger partial charge in [-0.15, -0.1) is 11.8 Å². The number of nitrogens with zero attached hydrogens (tertiary/aromatic N) is 2. The number of allylic oxidation sites excluding steroid dienone is 1. The number of halogens is 1. The fraction of sp³-hybridized carbons (Fsp3) is 0.355. The summed E-state index contributed by atoms with van der Waals surface area (Å²) in [5.74, 6) is -2.98. The van der Waals surface area contributed by atoms with Crippen molar-refractivity contribution in [1.29, 1.82) is 0 Å². The minimum atomic E-state index is -1.54. The van der Waals surface area contributed by atoms with Gasteiger partial charge in [-0.05, 0) is 30.5 Å². The Morgan fingerprint density at radius 1 is 1.12 bits per heavy atom. The van der Waals surface area contributed by atoms with E-state index in [-0.39, 0.29) is 30.0 Å². The largest absolute Gasteiger partial charge is 0.448 e. The average Bonchev–Trinajstić information content (AvgIpc) is 3.04. The Morgan fingerprint density at radius 3 is 2.19 bits per heavy atom. The highest BCUT2D eigenvalue weighted by atomic mass is 79.9. The van der Waals surface area contributed by atoms with E-state index < -0.39 is 41.1 Å². The SMILES string of the molecule is C=CC1=C(C(=O)OC(c2ccccc2)c2ccccc2)N2C(=O)C(NC(=O)C(=NOC)C(CBr)(OCC)OCC)[C@@H]2SC1. The Morgan fingerprint density at radius 2 is 1.70 bits per heavy atom. The molecule has 0 saturated carbocycles. The first-order chi connectivity index (χ1) is 20.8. The molecule has 0 bridgehead atoms. The second kappa shape index (κ2) is 14.8. The molecule has 2 amide bonds. The zero-order valence-corrected chi connectivity index (χ0v) is 26.6. The van der Waals surface area contributed by atoms with Crippen LogP contribution in [0, 0.1) is 0 Å². The third-order valence-electron chi connectivity index (χ3n) is 6.84. The van der Waals surface area contributed by atoms with Crippen molar-refractivity contribution >= 4 is 51.2 Å². The number of nitrogens with one attached hydrogen (secondary N) is 1. The Labute approximate surface area is 263 Å². The summed E-state index contributed by atoms with van der Waals surface area (Å²) >= 11 is 4.76. The number of ether oxygens (including phenoxy) is 3. The van der Waals surface area contributed by atoms with Crippen molar-refractivity contribution in [1.82, 2.24) is 10.2 Å². The second-order valence-corrected chi connectivity index (χ2v) is 11.1. The van der Waals surface area contributed by atoms with Crippen LogP contribution in [0.5, 0.6) is 0 Å². The van der Waals surface area contributed by atoms with Crippen LogP contribution in [-0.2, 0) is 33.4 Å². The van der Waals surface area contributed by atoms with Crippen LogP contribution in [0.1, 0.15) is 31.1 Å². The topological polar surface area (TPSA) is 116 Å². The molecule has 2 aromatic rings. The quantitative estimate of drug-likeness (QED) is 0.0789. The lowest BCUT2D eigenvalue weighted by Crippen LogP contribution is -2.71. The predicted molar refractivity (Wildman–Crippen MR) is 167 cm³/mol. The summed E-state index contributed by atoms with van der Waals surface area (Å²) in [6, 6.07) is 17.8. The van der Waals surface area contributed by atoms with Gasteiger partial charge in [0.05, 0.1) is 5.33 Å². The average molecular weight is 673 g/mol. The molecule has 228 valence electrons. The normalized spacial score (nSPS) is 18.6. The van der Waals surface area contributed by atoms with Crippen LogP contribution >= 0.6 is 27.7 Å². The van der Waals surface area contributed by atoms with E-state index in [4.69, 9.17) is 19.0 Å². The van der Waals surface area contributed by atoms with E-state index in [9.17, 15) is 14.4 Å². The third kappa shape index (κ3) is 6.72. The van der Waals surface area contributed by atoms with Gasteiger partial charge in [-0.1, -0.05) is 94.4 Å². The van der Waals surface area contributed by atoms with Crippen molar-refractivity contribution in [2.75, 3.05) is 31.4 Å². The molecule has 10 nitrogen and oxygen atoms in total. The van der Waals surface area contributed by atoms with Gasteiger partial charge in [-0.3, -0.25) is 14.5 Å². The molecule has 2 aliphatic heterocycles. The maximum Gasteiger partial charge on any atom is 0.356 e. The molecule has 0 aromatic heterocycles. The van der Waals surface area contributed by atoms with E-state index in [1.807, 2.05) is 60.7 Å². The summed E-state index contributed by atoms with van der Waals surface area (Å²) in [7, 11) is 1.30. The minimum Gasteiger partial charge on any atom is -0.448 e. The molecule has 1 unspecified atom stereocenters. The number of carbonyl (C=O) groups excluding carboxylic acids is 3. The lowest BCUT2D eigenvalue weighted by molar-refractivity contribution is -0.171. The van der Waals surface area contributed by atoms with Gasteiger partial charge in [0.2, 0.25) is 11.5 Å². The number of alkyl halides is 1. The summed E-state index contributed by atoms with van der Waals surface area (Å²) in [6.07, 6.45) is 0.854. The van der Waals surface area contributed by atoms with Crippen molar-refractivity contribution in [3.05, 3.63) is 95.7 Å². The molecule has 2 atom stereocenters. The molecule has 2 aliphatic rings. The number of oxime groups is 1. The van der Waals surface area contributed by atoms with Gasteiger partial charge in [0.1, 0.15) is 24.2 Å². The first kappa shape index (κ1) is 32.5. The smallest absolute Gasteiger partial charge is 0.356 e. The highest BCUT2D eigenvalue weighted by Gasteiger charge is 2.55. The molecule has 1 N–H and O–H groups in total. The molecule has 2 heterocycles. The Kier molecular flexibility index (Phi) is 11.2. The molecule has 4 rings (SSSR count). The molecule has 1 fully saturated rings. The maximum atomic E-state index is 13.8. The van der Waals surface area contributed by atoms with Gasteiger partial charge in [-0.2, -0.15) is 0 Å². The van der Waals surface area contributed by atoms with Gasteiger partial charge in [-0.25, -0.2) is 4.79 Å². The third-order valence-corrected chi connectivity index (χ3v) is 8.88. The van der Waals surface area contributed by atoms with Gasteiger partial charge >= 0.3 is 5.97 Å². The van der Waals surface area contributed by atoms with E-state index in [1.165, 1.54) is 23.8 Å². The highest BCUT2D eigenvalue weighted by molar-refractivity contribution is 9.09. The number of hydrogen-bond donors (Lipinski definition) is 1. The Bertz CT molecular complexity index is 1340. The van der Waals surface area contributed by atoms with E-state index in [0.717, 1.165) is 11.1 Å². The molecule has 1 saturated heterocycles. The number of thioether (sulfide) groups is 1. The van der Waals surface area contributed by atoms with Crippen LogP contribution in [0.25, 0.3) is 0 Å². The fourth-order valence-electron chi connectivity index (χ4n) is 4.91. The molecule has 43 heavy (non-hydrogen) atoms. The minimum absolute atomic E-state index is 0.0889. The maximum absolute atomic E-state index is 13.8. The van der Waals surface area contributed by atoms with Gasteiger partial charge in [0.25, 0.3) is 11.8 Å². The summed E-state index contributed by atoms with van der Waals surface area (Å²) in [5.41, 5.74) is 2.06. The molecule has 0 aliphatic carbocycles. The monoisotopic (exact) mass is 671 g/mol. The number of fused-ring (bicyclic) bond motifs is 1. The van der Waals surface area contributed by atoms with Crippen LogP contribution in [-0.4, -0.2) is 77.0 Å². The number of β-lactam (4-membered cyclic amide) rings is 1. The van der Waals surface area contributed by atoms with Crippen molar-refractivity contribution in [2.45, 2.75) is 37.2 Å². The zero-order chi connectivity index (χ0) is 31.0. The van der Waals surface area contributed by atoms with Crippen LogP contribution in [0.15, 0.2) is 89.7 Å². The first-order valence-electron chi connectivity index (χ1n) is 13.7. The lowest BCUT2D eigenvalue weighted by atomic mass is 10.00. The van der Waals surface area contributed by atoms with Crippen LogP contribution in [0.2, 0.25) is 0 Å². The summed E-state index contributed by atoms with van der Waals surface area (Å²) in [5, 5.41) is 6.18. The number of hydrogen-bond acceptors (Lipinski definition) is 9. The van der Waals surface area contributed by atoms with Crippen molar-refractivity contribution < 1.29 is 33.4 Å². The van der Waals surface area contributed by atoms with E-state index >= 15 is 0 Å². The van der Waals surface area contributed by atoms with Crippen molar-refractivity contribution in [2.24, 2.45) is 5.16 Å². The Balaban J connectivity index is 1.58. The number of carbonyl (C=O) groups is 3. The number of amides is 2.